The van der Waals surface area contributed by atoms with Crippen LogP contribution in [0.1, 0.15) is 54.4 Å². The van der Waals surface area contributed by atoms with Gasteiger partial charge in [0.25, 0.3) is 0 Å². The van der Waals surface area contributed by atoms with Crippen LogP contribution in [-0.4, -0.2) is 33.0 Å². The maximum Gasteiger partial charge on any atom is 0.342 e. The summed E-state index contributed by atoms with van der Waals surface area (Å²) in [5, 5.41) is 0. The number of cyclic esters (lactones) is 1. The van der Waals surface area contributed by atoms with Gasteiger partial charge in [-0.15, -0.1) is 0 Å². The van der Waals surface area contributed by atoms with E-state index in [0.29, 0.717) is 23.5 Å². The van der Waals surface area contributed by atoms with Gasteiger partial charge in [0.1, 0.15) is 29.8 Å². The highest BCUT2D eigenvalue weighted by Crippen LogP contribution is 2.31. The zero-order valence-corrected chi connectivity index (χ0v) is 13.9. The maximum atomic E-state index is 13.1. The summed E-state index contributed by atoms with van der Waals surface area (Å²) in [5.74, 6) is 0.546. The minimum Gasteiger partial charge on any atom is -0.497 e. The van der Waals surface area contributed by atoms with Crippen molar-refractivity contribution in [3.63, 3.8) is 0 Å². The first kappa shape index (κ1) is 17.6. The molecule has 4 nitrogen and oxygen atoms in total. The van der Waals surface area contributed by atoms with Crippen molar-refractivity contribution in [1.29, 1.82) is 0 Å². The quantitative estimate of drug-likeness (QED) is 0.785. The van der Waals surface area contributed by atoms with E-state index in [1.54, 1.807) is 13.2 Å². The molecule has 1 aliphatic rings. The Morgan fingerprint density at radius 3 is 2.57 bits per heavy atom. The zero-order chi connectivity index (χ0) is 16.7. The predicted molar refractivity (Wildman–Crippen MR) is 86.1 cm³/mol. The number of carbonyl (C=O) groups excluding carboxylic acids is 1. The molecule has 0 fully saturated rings. The number of methoxy groups -OCH3 is 2. The van der Waals surface area contributed by atoms with Crippen LogP contribution in [0.5, 0.6) is 11.5 Å². The summed E-state index contributed by atoms with van der Waals surface area (Å²) in [6.45, 7) is -0.653. The number of rotatable bonds is 3. The molecule has 0 saturated carbocycles. The molecular formula is C18H25FO4. The van der Waals surface area contributed by atoms with Crippen LogP contribution in [0, 0.1) is 0 Å². The highest BCUT2D eigenvalue weighted by Gasteiger charge is 2.24. The normalized spacial score (nSPS) is 19.8. The summed E-state index contributed by atoms with van der Waals surface area (Å²) >= 11 is 0. The Bertz CT molecular complexity index is 530. The molecule has 1 aliphatic heterocycles. The fourth-order valence-corrected chi connectivity index (χ4v) is 2.95. The molecule has 0 spiro atoms. The predicted octanol–water partition coefficient (Wildman–Crippen LogP) is 4.10. The first-order chi connectivity index (χ1) is 11.2. The molecule has 128 valence electrons. The summed E-state index contributed by atoms with van der Waals surface area (Å²) < 4.78 is 29.1. The van der Waals surface area contributed by atoms with Crippen LogP contribution in [0.2, 0.25) is 0 Å². The largest absolute Gasteiger partial charge is 0.497 e. The molecule has 0 saturated heterocycles. The van der Waals surface area contributed by atoms with Crippen LogP contribution >= 0.6 is 0 Å². The van der Waals surface area contributed by atoms with Crippen molar-refractivity contribution in [3.05, 3.63) is 23.3 Å². The van der Waals surface area contributed by atoms with Gasteiger partial charge in [-0.3, -0.25) is 0 Å². The smallest absolute Gasteiger partial charge is 0.342 e. The summed E-state index contributed by atoms with van der Waals surface area (Å²) in [7, 11) is 3.08. The van der Waals surface area contributed by atoms with E-state index in [2.05, 4.69) is 0 Å². The zero-order valence-electron chi connectivity index (χ0n) is 13.9. The number of benzene rings is 1. The van der Waals surface area contributed by atoms with Gasteiger partial charge >= 0.3 is 5.97 Å². The van der Waals surface area contributed by atoms with E-state index in [4.69, 9.17) is 14.2 Å². The van der Waals surface area contributed by atoms with Crippen molar-refractivity contribution in [3.8, 4) is 11.5 Å². The summed E-state index contributed by atoms with van der Waals surface area (Å²) in [6, 6.07) is 3.51. The second-order valence-electron chi connectivity index (χ2n) is 5.85. The van der Waals surface area contributed by atoms with Crippen LogP contribution < -0.4 is 9.47 Å². The van der Waals surface area contributed by atoms with E-state index in [1.165, 1.54) is 7.11 Å². The number of hydrogen-bond acceptors (Lipinski definition) is 4. The molecule has 1 aromatic rings. The molecule has 0 radical (unpaired) electrons. The van der Waals surface area contributed by atoms with E-state index < -0.39 is 18.7 Å². The number of fused-ring (bicyclic) bond motifs is 1. The maximum absolute atomic E-state index is 13.1. The molecule has 1 aromatic carbocycles. The Hall–Kier alpha value is -1.78. The van der Waals surface area contributed by atoms with E-state index >= 15 is 0 Å². The van der Waals surface area contributed by atoms with Gasteiger partial charge in [0.15, 0.2) is 0 Å². The summed E-state index contributed by atoms with van der Waals surface area (Å²) in [4.78, 5) is 12.6. The molecule has 2 rings (SSSR count). The minimum absolute atomic E-state index is 0.396. The summed E-state index contributed by atoms with van der Waals surface area (Å²) in [6.07, 6.45) is 5.76. The molecule has 0 amide bonds. The Morgan fingerprint density at radius 2 is 1.87 bits per heavy atom. The van der Waals surface area contributed by atoms with Gasteiger partial charge in [-0.25, -0.2) is 9.18 Å². The lowest BCUT2D eigenvalue weighted by molar-refractivity contribution is 0.0206. The van der Waals surface area contributed by atoms with Gasteiger partial charge in [-0.2, -0.15) is 0 Å². The Kier molecular flexibility index (Phi) is 6.68. The molecule has 0 aliphatic carbocycles. The van der Waals surface area contributed by atoms with Gasteiger partial charge < -0.3 is 14.2 Å². The fourth-order valence-electron chi connectivity index (χ4n) is 2.95. The van der Waals surface area contributed by atoms with Crippen LogP contribution in [0.3, 0.4) is 0 Å². The van der Waals surface area contributed by atoms with Crippen LogP contribution in [-0.2, 0) is 11.2 Å². The number of hydrogen-bond donors (Lipinski definition) is 0. The first-order valence-corrected chi connectivity index (χ1v) is 8.21. The first-order valence-electron chi connectivity index (χ1n) is 8.21. The Labute approximate surface area is 136 Å². The fraction of sp³-hybridized carbons (Fsp3) is 0.611. The number of halogens is 1. The van der Waals surface area contributed by atoms with Crippen molar-refractivity contribution in [2.24, 2.45) is 0 Å². The molecule has 0 unspecified atom stereocenters. The number of aryl methyl sites for hydroxylation is 1. The second kappa shape index (κ2) is 8.75. The van der Waals surface area contributed by atoms with Crippen molar-refractivity contribution in [2.75, 3.05) is 20.9 Å². The number of esters is 1. The lowest BCUT2D eigenvalue weighted by atomic mass is 9.98. The van der Waals surface area contributed by atoms with Gasteiger partial charge in [0.2, 0.25) is 0 Å². The van der Waals surface area contributed by atoms with Gasteiger partial charge in [-0.05, 0) is 37.3 Å². The highest BCUT2D eigenvalue weighted by molar-refractivity contribution is 5.94. The molecule has 23 heavy (non-hydrogen) atoms. The third kappa shape index (κ3) is 4.60. The van der Waals surface area contributed by atoms with Crippen molar-refractivity contribution < 1.29 is 23.4 Å². The Morgan fingerprint density at radius 1 is 1.13 bits per heavy atom. The second-order valence-corrected chi connectivity index (χ2v) is 5.85. The van der Waals surface area contributed by atoms with Crippen LogP contribution in [0.4, 0.5) is 4.39 Å². The van der Waals surface area contributed by atoms with E-state index in [0.717, 1.165) is 44.1 Å². The Balaban J connectivity index is 2.38. The SMILES string of the molecule is COc1cc2c(c(OC)c1)C(=O)O[C@H](CF)CCCCCCC2. The highest BCUT2D eigenvalue weighted by atomic mass is 19.1. The average Bonchev–Trinajstić information content (AvgIpc) is 2.57. The molecule has 1 heterocycles. The van der Waals surface area contributed by atoms with Gasteiger partial charge in [-0.1, -0.05) is 19.3 Å². The van der Waals surface area contributed by atoms with E-state index in [1.807, 2.05) is 6.07 Å². The topological polar surface area (TPSA) is 44.8 Å². The average molecular weight is 324 g/mol. The van der Waals surface area contributed by atoms with Crippen LogP contribution in [0.15, 0.2) is 12.1 Å². The third-order valence-electron chi connectivity index (χ3n) is 4.24. The molecular weight excluding hydrogens is 299 g/mol. The van der Waals surface area contributed by atoms with Crippen molar-refractivity contribution in [1.82, 2.24) is 0 Å². The van der Waals surface area contributed by atoms with E-state index in [9.17, 15) is 9.18 Å². The minimum atomic E-state index is -0.679. The molecule has 0 aromatic heterocycles. The number of alkyl halides is 1. The lowest BCUT2D eigenvalue weighted by Crippen LogP contribution is -2.22. The number of carbonyl (C=O) groups is 1. The number of ether oxygens (including phenoxy) is 3. The third-order valence-corrected chi connectivity index (χ3v) is 4.24. The molecule has 1 atom stereocenters. The van der Waals surface area contributed by atoms with Gasteiger partial charge in [0.05, 0.1) is 14.2 Å². The van der Waals surface area contributed by atoms with Crippen molar-refractivity contribution in [2.45, 2.75) is 51.0 Å². The van der Waals surface area contributed by atoms with Gasteiger partial charge in [0, 0.05) is 6.07 Å². The van der Waals surface area contributed by atoms with E-state index in [-0.39, 0.29) is 0 Å². The molecule has 0 N–H and O–H groups in total. The molecule has 5 heteroatoms. The van der Waals surface area contributed by atoms with Crippen molar-refractivity contribution >= 4 is 5.97 Å². The monoisotopic (exact) mass is 324 g/mol. The summed E-state index contributed by atoms with van der Waals surface area (Å²) in [5.41, 5.74) is 1.23. The standard InChI is InChI=1S/C18H25FO4/c1-21-15-10-13-8-6-4-3-5-7-9-14(12-19)23-18(20)17(13)16(11-15)22-2/h10-11,14H,3-9,12H2,1-2H3/t14-/m0/s1. The lowest BCUT2D eigenvalue weighted by Gasteiger charge is -2.19. The van der Waals surface area contributed by atoms with Crippen LogP contribution in [0.25, 0.3) is 0 Å². The molecule has 0 bridgehead atoms.